The van der Waals surface area contributed by atoms with Crippen LogP contribution in [0.2, 0.25) is 5.15 Å². The first kappa shape index (κ1) is 15.3. The Labute approximate surface area is 123 Å². The molecule has 0 unspecified atom stereocenters. The van der Waals surface area contributed by atoms with E-state index in [4.69, 9.17) is 11.6 Å². The van der Waals surface area contributed by atoms with Gasteiger partial charge in [-0.1, -0.05) is 23.7 Å². The number of pyridine rings is 1. The molecule has 0 fully saturated rings. The number of rotatable bonds is 2. The normalized spacial score (nSPS) is 11.3. The number of hydrogen-bond donors (Lipinski definition) is 0. The average molecular weight is 316 g/mol. The molecule has 0 amide bonds. The van der Waals surface area contributed by atoms with Gasteiger partial charge in [0.05, 0.1) is 23.9 Å². The van der Waals surface area contributed by atoms with E-state index in [-0.39, 0.29) is 22.0 Å². The molecule has 0 bridgehead atoms. The van der Waals surface area contributed by atoms with Crippen molar-refractivity contribution < 1.29 is 22.7 Å². The number of carbonyl (C=O) groups excluding carboxylic acids is 1. The first-order chi connectivity index (χ1) is 9.82. The lowest BCUT2D eigenvalue weighted by Crippen LogP contribution is -2.05. The third-order valence-corrected chi connectivity index (χ3v) is 3.03. The maximum Gasteiger partial charge on any atom is 0.416 e. The van der Waals surface area contributed by atoms with E-state index in [1.54, 1.807) is 0 Å². The van der Waals surface area contributed by atoms with Crippen LogP contribution in [0.3, 0.4) is 0 Å². The Morgan fingerprint density at radius 3 is 2.52 bits per heavy atom. The van der Waals surface area contributed by atoms with Crippen molar-refractivity contribution in [2.24, 2.45) is 0 Å². The number of carbonyl (C=O) groups is 1. The molecule has 2 rings (SSSR count). The number of aromatic nitrogens is 1. The van der Waals surface area contributed by atoms with Crippen molar-refractivity contribution in [3.05, 3.63) is 52.7 Å². The summed E-state index contributed by atoms with van der Waals surface area (Å²) in [6, 6.07) is 7.46. The number of halogens is 4. The van der Waals surface area contributed by atoms with E-state index in [0.29, 0.717) is 0 Å². The Morgan fingerprint density at radius 2 is 1.95 bits per heavy atom. The van der Waals surface area contributed by atoms with Gasteiger partial charge in [-0.3, -0.25) is 0 Å². The molecule has 0 aliphatic heterocycles. The number of benzene rings is 1. The highest BCUT2D eigenvalue weighted by atomic mass is 35.5. The molecular weight excluding hydrogens is 307 g/mol. The van der Waals surface area contributed by atoms with E-state index in [1.807, 2.05) is 0 Å². The quantitative estimate of drug-likeness (QED) is 0.615. The fraction of sp³-hybridized carbons (Fsp3) is 0.143. The highest BCUT2D eigenvalue weighted by Gasteiger charge is 2.30. The van der Waals surface area contributed by atoms with Crippen molar-refractivity contribution in [3.63, 3.8) is 0 Å². The zero-order valence-electron chi connectivity index (χ0n) is 10.7. The Morgan fingerprint density at radius 1 is 1.24 bits per heavy atom. The molecule has 0 radical (unpaired) electrons. The summed E-state index contributed by atoms with van der Waals surface area (Å²) in [6.07, 6.45) is -4.44. The predicted octanol–water partition coefficient (Wildman–Crippen LogP) is 4.21. The minimum absolute atomic E-state index is 0.0508. The van der Waals surface area contributed by atoms with Crippen LogP contribution in [0.4, 0.5) is 13.2 Å². The molecule has 1 heterocycles. The SMILES string of the molecule is COC(=O)c1ccc(-c2cccc(C(F)(F)F)c2)nc1Cl. The van der Waals surface area contributed by atoms with E-state index >= 15 is 0 Å². The van der Waals surface area contributed by atoms with Crippen molar-refractivity contribution in [1.82, 2.24) is 4.98 Å². The molecule has 110 valence electrons. The molecule has 0 aliphatic carbocycles. The highest BCUT2D eigenvalue weighted by Crippen LogP contribution is 2.32. The van der Waals surface area contributed by atoms with Crippen LogP contribution in [0.5, 0.6) is 0 Å². The molecule has 0 atom stereocenters. The van der Waals surface area contributed by atoms with Crippen LogP contribution in [0.25, 0.3) is 11.3 Å². The van der Waals surface area contributed by atoms with E-state index in [2.05, 4.69) is 9.72 Å². The Kier molecular flexibility index (Phi) is 4.18. The van der Waals surface area contributed by atoms with Crippen LogP contribution < -0.4 is 0 Å². The summed E-state index contributed by atoms with van der Waals surface area (Å²) in [7, 11) is 1.19. The molecule has 0 aliphatic rings. The predicted molar refractivity (Wildman–Crippen MR) is 71.0 cm³/mol. The lowest BCUT2D eigenvalue weighted by atomic mass is 10.1. The number of methoxy groups -OCH3 is 1. The first-order valence-corrected chi connectivity index (χ1v) is 6.13. The van der Waals surface area contributed by atoms with Gasteiger partial charge in [-0.15, -0.1) is 0 Å². The molecule has 0 spiro atoms. The standard InChI is InChI=1S/C14H9ClF3NO2/c1-21-13(20)10-5-6-11(19-12(10)15)8-3-2-4-9(7-8)14(16,17)18/h2-7H,1H3. The van der Waals surface area contributed by atoms with Crippen LogP contribution >= 0.6 is 11.6 Å². The number of ether oxygens (including phenoxy) is 1. The molecule has 2 aromatic rings. The molecule has 0 N–H and O–H groups in total. The highest BCUT2D eigenvalue weighted by molar-refractivity contribution is 6.32. The third-order valence-electron chi connectivity index (χ3n) is 2.74. The molecule has 7 heteroatoms. The second-order valence-electron chi connectivity index (χ2n) is 4.11. The van der Waals surface area contributed by atoms with Gasteiger partial charge in [-0.2, -0.15) is 13.2 Å². The smallest absolute Gasteiger partial charge is 0.416 e. The second kappa shape index (κ2) is 5.73. The lowest BCUT2D eigenvalue weighted by Gasteiger charge is -2.09. The van der Waals surface area contributed by atoms with Gasteiger partial charge in [0.1, 0.15) is 5.15 Å². The van der Waals surface area contributed by atoms with Crippen LogP contribution in [-0.4, -0.2) is 18.1 Å². The van der Waals surface area contributed by atoms with Gasteiger partial charge in [0.25, 0.3) is 0 Å². The minimum atomic E-state index is -4.44. The minimum Gasteiger partial charge on any atom is -0.465 e. The molecule has 3 nitrogen and oxygen atoms in total. The number of esters is 1. The molecular formula is C14H9ClF3NO2. The van der Waals surface area contributed by atoms with Crippen molar-refractivity contribution in [3.8, 4) is 11.3 Å². The van der Waals surface area contributed by atoms with Crippen LogP contribution in [0.1, 0.15) is 15.9 Å². The van der Waals surface area contributed by atoms with Crippen LogP contribution in [-0.2, 0) is 10.9 Å². The van der Waals surface area contributed by atoms with E-state index in [1.165, 1.54) is 31.4 Å². The van der Waals surface area contributed by atoms with Crippen LogP contribution in [0.15, 0.2) is 36.4 Å². The number of nitrogens with zero attached hydrogens (tertiary/aromatic N) is 1. The van der Waals surface area contributed by atoms with Crippen molar-refractivity contribution >= 4 is 17.6 Å². The number of alkyl halides is 3. The van der Waals surface area contributed by atoms with Gasteiger partial charge < -0.3 is 4.74 Å². The maximum absolute atomic E-state index is 12.7. The summed E-state index contributed by atoms with van der Waals surface area (Å²) in [5.41, 5.74) is -0.244. The van der Waals surface area contributed by atoms with Gasteiger partial charge in [-0.25, -0.2) is 9.78 Å². The molecule has 21 heavy (non-hydrogen) atoms. The lowest BCUT2D eigenvalue weighted by molar-refractivity contribution is -0.137. The largest absolute Gasteiger partial charge is 0.465 e. The summed E-state index contributed by atoms with van der Waals surface area (Å²) in [6.45, 7) is 0. The monoisotopic (exact) mass is 315 g/mol. The summed E-state index contributed by atoms with van der Waals surface area (Å²) >= 11 is 5.85. The average Bonchev–Trinajstić information content (AvgIpc) is 2.45. The Bertz CT molecular complexity index is 686. The van der Waals surface area contributed by atoms with Gasteiger partial charge in [0.2, 0.25) is 0 Å². The molecule has 1 aromatic carbocycles. The van der Waals surface area contributed by atoms with Gasteiger partial charge >= 0.3 is 12.1 Å². The molecule has 0 saturated heterocycles. The second-order valence-corrected chi connectivity index (χ2v) is 4.46. The summed E-state index contributed by atoms with van der Waals surface area (Å²) in [5.74, 6) is -0.664. The first-order valence-electron chi connectivity index (χ1n) is 5.75. The zero-order valence-corrected chi connectivity index (χ0v) is 11.5. The summed E-state index contributed by atoms with van der Waals surface area (Å²) in [4.78, 5) is 15.3. The molecule has 0 saturated carbocycles. The molecule has 1 aromatic heterocycles. The van der Waals surface area contributed by atoms with Gasteiger partial charge in [-0.05, 0) is 24.3 Å². The topological polar surface area (TPSA) is 39.2 Å². The van der Waals surface area contributed by atoms with Crippen molar-refractivity contribution in [2.45, 2.75) is 6.18 Å². The Balaban J connectivity index is 2.44. The maximum atomic E-state index is 12.7. The van der Waals surface area contributed by atoms with E-state index < -0.39 is 17.7 Å². The fourth-order valence-electron chi connectivity index (χ4n) is 1.71. The zero-order chi connectivity index (χ0) is 15.6. The summed E-state index contributed by atoms with van der Waals surface area (Å²) in [5, 5.41) is -0.128. The van der Waals surface area contributed by atoms with Crippen LogP contribution in [0, 0.1) is 0 Å². The van der Waals surface area contributed by atoms with Crippen molar-refractivity contribution in [2.75, 3.05) is 7.11 Å². The fourth-order valence-corrected chi connectivity index (χ4v) is 1.94. The van der Waals surface area contributed by atoms with E-state index in [0.717, 1.165) is 12.1 Å². The van der Waals surface area contributed by atoms with Crippen molar-refractivity contribution in [1.29, 1.82) is 0 Å². The summed E-state index contributed by atoms with van der Waals surface area (Å²) < 4.78 is 42.5. The number of hydrogen-bond acceptors (Lipinski definition) is 3. The van der Waals surface area contributed by atoms with E-state index in [9.17, 15) is 18.0 Å². The Hall–Kier alpha value is -2.08. The van der Waals surface area contributed by atoms with Gasteiger partial charge in [0.15, 0.2) is 0 Å². The third kappa shape index (κ3) is 3.33. The van der Waals surface area contributed by atoms with Gasteiger partial charge in [0, 0.05) is 5.56 Å².